The Morgan fingerprint density at radius 3 is 2.47 bits per heavy atom. The number of phenolic OH excluding ortho intramolecular Hbond substituents is 1. The average molecular weight is 595 g/mol. The molecule has 0 saturated carbocycles. The van der Waals surface area contributed by atoms with E-state index in [-0.39, 0.29) is 45.8 Å². The number of aromatic hydroxyl groups is 1. The van der Waals surface area contributed by atoms with Crippen LogP contribution in [0.3, 0.4) is 0 Å². The van der Waals surface area contributed by atoms with Gasteiger partial charge in [-0.2, -0.15) is 0 Å². The summed E-state index contributed by atoms with van der Waals surface area (Å²) in [4.78, 5) is 55.2. The van der Waals surface area contributed by atoms with Gasteiger partial charge in [0.1, 0.15) is 0 Å². The molecule has 3 aliphatic carbocycles. The normalized spacial score (nSPS) is 26.6. The molecule has 38 heavy (non-hydrogen) atoms. The lowest BCUT2D eigenvalue weighted by atomic mass is 9.59. The molecule has 0 radical (unpaired) electrons. The topological polar surface area (TPSA) is 101 Å². The molecule has 2 aromatic rings. The molecule has 0 spiro atoms. The zero-order valence-corrected chi connectivity index (χ0v) is 22.5. The number of Topliss-reactive ketones (excluding diaryl/α,β-unsaturated/α-hetero) is 1. The number of anilines is 1. The first kappa shape index (κ1) is 24.8. The number of carbonyl (C=O) groups excluding carboxylic acids is 4. The maximum absolute atomic E-state index is 13.9. The molecule has 2 aromatic carbocycles. The van der Waals surface area contributed by atoms with Gasteiger partial charge < -0.3 is 9.84 Å². The monoisotopic (exact) mass is 593 g/mol. The van der Waals surface area contributed by atoms with E-state index in [4.69, 9.17) is 16.3 Å². The Balaban J connectivity index is 1.49. The maximum Gasteiger partial charge on any atom is 0.238 e. The van der Waals surface area contributed by atoms with Gasteiger partial charge in [-0.05, 0) is 76.7 Å². The van der Waals surface area contributed by atoms with E-state index in [1.807, 2.05) is 6.08 Å². The van der Waals surface area contributed by atoms with Crippen molar-refractivity contribution in [2.45, 2.75) is 18.8 Å². The fourth-order valence-corrected chi connectivity index (χ4v) is 6.88. The van der Waals surface area contributed by atoms with Gasteiger partial charge in [-0.25, -0.2) is 0 Å². The SMILES string of the molecule is COc1cc(C2C3=CCC4C(=O)N(c5ccc(Cl)cc5)C(=O)C4C3CC3=C2C(=O)C=C(Br)C3=O)ccc1O. The number of ketones is 2. The number of phenols is 1. The Bertz CT molecular complexity index is 1540. The predicted octanol–water partition coefficient (Wildman–Crippen LogP) is 5.02. The summed E-state index contributed by atoms with van der Waals surface area (Å²) in [5, 5.41) is 10.7. The van der Waals surface area contributed by atoms with Crippen LogP contribution >= 0.6 is 27.5 Å². The Labute approximate surface area is 231 Å². The molecule has 0 aromatic heterocycles. The summed E-state index contributed by atoms with van der Waals surface area (Å²) >= 11 is 9.24. The van der Waals surface area contributed by atoms with Crippen molar-refractivity contribution in [2.24, 2.45) is 17.8 Å². The molecule has 1 saturated heterocycles. The molecule has 2 amide bonds. The first-order chi connectivity index (χ1) is 18.2. The van der Waals surface area contributed by atoms with E-state index in [9.17, 15) is 24.3 Å². The highest BCUT2D eigenvalue weighted by Crippen LogP contribution is 2.56. The van der Waals surface area contributed by atoms with Crippen molar-refractivity contribution in [3.63, 3.8) is 0 Å². The van der Waals surface area contributed by atoms with Gasteiger partial charge >= 0.3 is 0 Å². The molecule has 4 aliphatic rings. The summed E-state index contributed by atoms with van der Waals surface area (Å²) < 4.78 is 5.48. The molecule has 1 N–H and O–H groups in total. The van der Waals surface area contributed by atoms with Crippen molar-refractivity contribution in [1.82, 2.24) is 0 Å². The van der Waals surface area contributed by atoms with Gasteiger partial charge in [0.25, 0.3) is 0 Å². The van der Waals surface area contributed by atoms with Gasteiger partial charge in [0, 0.05) is 28.2 Å². The van der Waals surface area contributed by atoms with Crippen molar-refractivity contribution in [1.29, 1.82) is 0 Å². The zero-order valence-electron chi connectivity index (χ0n) is 20.1. The summed E-state index contributed by atoms with van der Waals surface area (Å²) in [6.45, 7) is 0. The van der Waals surface area contributed by atoms with Gasteiger partial charge in [-0.3, -0.25) is 24.1 Å². The fraction of sp³-hybridized carbons (Fsp3) is 0.241. The van der Waals surface area contributed by atoms with Crippen LogP contribution in [0.5, 0.6) is 11.5 Å². The Kier molecular flexibility index (Phi) is 5.92. The minimum Gasteiger partial charge on any atom is -0.504 e. The van der Waals surface area contributed by atoms with Crippen LogP contribution in [0.4, 0.5) is 5.69 Å². The van der Waals surface area contributed by atoms with E-state index in [2.05, 4.69) is 15.9 Å². The molecule has 9 heteroatoms. The molecular weight excluding hydrogens is 574 g/mol. The molecule has 192 valence electrons. The quantitative estimate of drug-likeness (QED) is 0.304. The van der Waals surface area contributed by atoms with Crippen LogP contribution in [0.1, 0.15) is 24.3 Å². The largest absolute Gasteiger partial charge is 0.504 e. The third-order valence-corrected chi connectivity index (χ3v) is 8.79. The highest BCUT2D eigenvalue weighted by atomic mass is 79.9. The van der Waals surface area contributed by atoms with E-state index in [0.29, 0.717) is 33.8 Å². The number of benzene rings is 2. The standard InChI is InChI=1S/C29H21BrClNO6/c1-38-23-10-13(2-9-21(23)33)24-16-7-8-17-25(18(16)11-19-26(24)22(34)12-20(30)27(19)35)29(37)32(28(17)36)15-5-3-14(31)4-6-15/h2-7,9-10,12,17-18,24-25,33H,8,11H2,1H3. The lowest BCUT2D eigenvalue weighted by molar-refractivity contribution is -0.123. The molecule has 4 unspecified atom stereocenters. The van der Waals surface area contributed by atoms with E-state index < -0.39 is 23.7 Å². The third kappa shape index (κ3) is 3.61. The Morgan fingerprint density at radius 2 is 1.76 bits per heavy atom. The molecular formula is C29H21BrClNO6. The molecule has 4 atom stereocenters. The van der Waals surface area contributed by atoms with Crippen molar-refractivity contribution >= 4 is 56.6 Å². The molecule has 1 aliphatic heterocycles. The second kappa shape index (κ2) is 9.06. The van der Waals surface area contributed by atoms with Gasteiger partial charge in [-0.1, -0.05) is 29.3 Å². The molecule has 0 bridgehead atoms. The smallest absolute Gasteiger partial charge is 0.238 e. The van der Waals surface area contributed by atoms with Crippen LogP contribution in [-0.2, 0) is 19.2 Å². The summed E-state index contributed by atoms with van der Waals surface area (Å²) in [6.07, 6.45) is 3.74. The second-order valence-electron chi connectivity index (χ2n) is 9.81. The minimum atomic E-state index is -0.679. The first-order valence-electron chi connectivity index (χ1n) is 12.1. The Morgan fingerprint density at radius 1 is 1.03 bits per heavy atom. The van der Waals surface area contributed by atoms with Gasteiger partial charge in [-0.15, -0.1) is 0 Å². The van der Waals surface area contributed by atoms with E-state index >= 15 is 0 Å². The minimum absolute atomic E-state index is 0.0561. The van der Waals surface area contributed by atoms with Crippen LogP contribution in [0.2, 0.25) is 5.02 Å². The van der Waals surface area contributed by atoms with Crippen LogP contribution in [-0.4, -0.2) is 35.6 Å². The Hall–Kier alpha value is -3.49. The van der Waals surface area contributed by atoms with Crippen molar-refractivity contribution in [3.8, 4) is 11.5 Å². The molecule has 1 heterocycles. The van der Waals surface area contributed by atoms with Gasteiger partial charge in [0.15, 0.2) is 23.1 Å². The predicted molar refractivity (Wildman–Crippen MR) is 143 cm³/mol. The number of hydrogen-bond acceptors (Lipinski definition) is 6. The number of carbonyl (C=O) groups is 4. The lowest BCUT2D eigenvalue weighted by Crippen LogP contribution is -2.39. The van der Waals surface area contributed by atoms with Gasteiger partial charge in [0.2, 0.25) is 11.8 Å². The van der Waals surface area contributed by atoms with Crippen molar-refractivity contribution < 1.29 is 29.0 Å². The fourth-order valence-electron chi connectivity index (χ4n) is 6.30. The first-order valence-corrected chi connectivity index (χ1v) is 13.3. The van der Waals surface area contributed by atoms with E-state index in [1.165, 1.54) is 24.2 Å². The summed E-state index contributed by atoms with van der Waals surface area (Å²) in [5.41, 5.74) is 2.63. The molecule has 1 fully saturated rings. The number of imide groups is 1. The number of amides is 2. The van der Waals surface area contributed by atoms with Crippen molar-refractivity contribution in [2.75, 3.05) is 12.0 Å². The highest BCUT2D eigenvalue weighted by molar-refractivity contribution is 9.12. The van der Waals surface area contributed by atoms with Crippen LogP contribution < -0.4 is 9.64 Å². The van der Waals surface area contributed by atoms with E-state index in [0.717, 1.165) is 5.57 Å². The zero-order chi connectivity index (χ0) is 26.9. The highest BCUT2D eigenvalue weighted by Gasteiger charge is 2.56. The molecule has 6 rings (SSSR count). The van der Waals surface area contributed by atoms with Crippen molar-refractivity contribution in [3.05, 3.63) is 86.4 Å². The van der Waals surface area contributed by atoms with Crippen LogP contribution in [0, 0.1) is 17.8 Å². The lowest BCUT2D eigenvalue weighted by Gasteiger charge is -2.42. The number of halogens is 2. The average Bonchev–Trinajstić information content (AvgIpc) is 3.16. The summed E-state index contributed by atoms with van der Waals surface area (Å²) in [5.74, 6) is -3.36. The second-order valence-corrected chi connectivity index (χ2v) is 11.1. The number of fused-ring (bicyclic) bond motifs is 3. The van der Waals surface area contributed by atoms with E-state index in [1.54, 1.807) is 36.4 Å². The van der Waals surface area contributed by atoms with Crippen LogP contribution in [0.15, 0.2) is 75.8 Å². The van der Waals surface area contributed by atoms with Crippen LogP contribution in [0.25, 0.3) is 0 Å². The maximum atomic E-state index is 13.9. The number of nitrogens with zero attached hydrogens (tertiary/aromatic N) is 1. The summed E-state index contributed by atoms with van der Waals surface area (Å²) in [7, 11) is 1.43. The number of rotatable bonds is 3. The number of allylic oxidation sites excluding steroid dienone is 6. The number of hydrogen-bond donors (Lipinski definition) is 1. The van der Waals surface area contributed by atoms with Gasteiger partial charge in [0.05, 0.1) is 29.1 Å². The third-order valence-electron chi connectivity index (χ3n) is 7.95. The summed E-state index contributed by atoms with van der Waals surface area (Å²) in [6, 6.07) is 11.4. The number of methoxy groups -OCH3 is 1. The number of ether oxygens (including phenoxy) is 1. The molecule has 7 nitrogen and oxygen atoms in total.